The second-order valence-corrected chi connectivity index (χ2v) is 9.63. The van der Waals surface area contributed by atoms with E-state index in [1.165, 1.54) is 16.4 Å². The fraction of sp³-hybridized carbons (Fsp3) is 0.409. The summed E-state index contributed by atoms with van der Waals surface area (Å²) in [4.78, 5) is 14.7. The molecule has 1 amide bonds. The first kappa shape index (κ1) is 22.4. The summed E-state index contributed by atoms with van der Waals surface area (Å²) >= 11 is 0. The van der Waals surface area contributed by atoms with Crippen LogP contribution in [-0.2, 0) is 14.8 Å². The molecule has 2 aromatic rings. The molecule has 0 bridgehead atoms. The number of amides is 1. The number of nitrogens with zero attached hydrogens (tertiary/aromatic N) is 2. The van der Waals surface area contributed by atoms with E-state index in [1.54, 1.807) is 36.4 Å². The van der Waals surface area contributed by atoms with Gasteiger partial charge in [-0.05, 0) is 56.6 Å². The molecule has 1 heterocycles. The topological polar surface area (TPSA) is 69.7 Å². The second-order valence-electron chi connectivity index (χ2n) is 7.69. The molecule has 6 nitrogen and oxygen atoms in total. The molecule has 0 aliphatic carbocycles. The van der Waals surface area contributed by atoms with Gasteiger partial charge < -0.3 is 5.32 Å². The van der Waals surface area contributed by atoms with Crippen molar-refractivity contribution in [1.82, 2.24) is 14.5 Å². The Balaban J connectivity index is 1.55. The fourth-order valence-corrected chi connectivity index (χ4v) is 5.00. The minimum Gasteiger partial charge on any atom is -0.348 e. The molecule has 1 aliphatic rings. The number of sulfonamides is 1. The molecular formula is C22H28FN3O3S. The van der Waals surface area contributed by atoms with E-state index in [2.05, 4.69) is 5.32 Å². The molecule has 1 fully saturated rings. The standard InChI is InChI=1S/C22H28FN3O3S/c1-17-4-10-21(11-5-17)30(28,29)26-13-3-12-25(14-15-26)16-22(27)24-18(2)19-6-8-20(23)9-7-19/h4-11,18H,3,12-16H2,1-2H3,(H,24,27). The van der Waals surface area contributed by atoms with Crippen LogP contribution in [0.25, 0.3) is 0 Å². The van der Waals surface area contributed by atoms with Gasteiger partial charge in [0.15, 0.2) is 0 Å². The van der Waals surface area contributed by atoms with Crippen molar-refractivity contribution in [2.45, 2.75) is 31.2 Å². The lowest BCUT2D eigenvalue weighted by Gasteiger charge is -2.22. The van der Waals surface area contributed by atoms with Crippen LogP contribution in [0.2, 0.25) is 0 Å². The Kier molecular flexibility index (Phi) is 7.23. The van der Waals surface area contributed by atoms with Crippen molar-refractivity contribution in [1.29, 1.82) is 0 Å². The smallest absolute Gasteiger partial charge is 0.243 e. The predicted octanol–water partition coefficient (Wildman–Crippen LogP) is 2.71. The summed E-state index contributed by atoms with van der Waals surface area (Å²) in [6, 6.07) is 12.7. The van der Waals surface area contributed by atoms with E-state index in [-0.39, 0.29) is 24.3 Å². The van der Waals surface area contributed by atoms with E-state index in [0.717, 1.165) is 11.1 Å². The summed E-state index contributed by atoms with van der Waals surface area (Å²) in [6.45, 7) is 5.88. The molecule has 1 N–H and O–H groups in total. The maximum absolute atomic E-state index is 13.1. The number of aryl methyl sites for hydroxylation is 1. The maximum Gasteiger partial charge on any atom is 0.243 e. The fourth-order valence-electron chi connectivity index (χ4n) is 3.53. The van der Waals surface area contributed by atoms with E-state index >= 15 is 0 Å². The lowest BCUT2D eigenvalue weighted by atomic mass is 10.1. The van der Waals surface area contributed by atoms with Gasteiger partial charge in [0.2, 0.25) is 15.9 Å². The van der Waals surface area contributed by atoms with E-state index < -0.39 is 10.0 Å². The van der Waals surface area contributed by atoms with Crippen LogP contribution in [0.3, 0.4) is 0 Å². The van der Waals surface area contributed by atoms with Crippen LogP contribution in [0.15, 0.2) is 53.4 Å². The van der Waals surface area contributed by atoms with Gasteiger partial charge in [0, 0.05) is 19.6 Å². The Labute approximate surface area is 177 Å². The zero-order valence-electron chi connectivity index (χ0n) is 17.3. The minimum atomic E-state index is -3.54. The predicted molar refractivity (Wildman–Crippen MR) is 114 cm³/mol. The molecule has 0 aromatic heterocycles. The van der Waals surface area contributed by atoms with Gasteiger partial charge in [-0.15, -0.1) is 0 Å². The van der Waals surface area contributed by atoms with Crippen molar-refractivity contribution in [2.75, 3.05) is 32.7 Å². The molecule has 0 saturated carbocycles. The van der Waals surface area contributed by atoms with E-state index in [1.807, 2.05) is 18.7 Å². The number of halogens is 1. The summed E-state index contributed by atoms with van der Waals surface area (Å²) in [5, 5.41) is 2.92. The van der Waals surface area contributed by atoms with Gasteiger partial charge in [0.1, 0.15) is 5.82 Å². The molecule has 0 spiro atoms. The summed E-state index contributed by atoms with van der Waals surface area (Å²) in [7, 11) is -3.54. The Morgan fingerprint density at radius 3 is 2.37 bits per heavy atom. The Morgan fingerprint density at radius 1 is 1.03 bits per heavy atom. The molecule has 1 unspecified atom stereocenters. The number of carbonyl (C=O) groups excluding carboxylic acids is 1. The quantitative estimate of drug-likeness (QED) is 0.761. The number of benzene rings is 2. The second kappa shape index (κ2) is 9.68. The van der Waals surface area contributed by atoms with Gasteiger partial charge >= 0.3 is 0 Å². The molecule has 1 atom stereocenters. The third-order valence-corrected chi connectivity index (χ3v) is 7.23. The number of hydrogen-bond donors (Lipinski definition) is 1. The highest BCUT2D eigenvalue weighted by molar-refractivity contribution is 7.89. The largest absolute Gasteiger partial charge is 0.348 e. The number of carbonyl (C=O) groups is 1. The van der Waals surface area contributed by atoms with Crippen LogP contribution in [0.1, 0.15) is 30.5 Å². The first-order valence-corrected chi connectivity index (χ1v) is 11.5. The third-order valence-electron chi connectivity index (χ3n) is 5.32. The summed E-state index contributed by atoms with van der Waals surface area (Å²) in [5.74, 6) is -0.450. The maximum atomic E-state index is 13.1. The average Bonchev–Trinajstić information content (AvgIpc) is 2.94. The molecule has 2 aromatic carbocycles. The molecule has 1 aliphatic heterocycles. The minimum absolute atomic E-state index is 0.137. The lowest BCUT2D eigenvalue weighted by molar-refractivity contribution is -0.122. The third kappa shape index (κ3) is 5.65. The Bertz CT molecular complexity index is 962. The first-order valence-electron chi connectivity index (χ1n) is 10.1. The van der Waals surface area contributed by atoms with Crippen molar-refractivity contribution in [2.24, 2.45) is 0 Å². The number of hydrogen-bond acceptors (Lipinski definition) is 4. The lowest BCUT2D eigenvalue weighted by Crippen LogP contribution is -2.40. The van der Waals surface area contributed by atoms with Gasteiger partial charge in [0.05, 0.1) is 17.5 Å². The van der Waals surface area contributed by atoms with Gasteiger partial charge in [0.25, 0.3) is 0 Å². The molecule has 3 rings (SSSR count). The van der Waals surface area contributed by atoms with Crippen LogP contribution in [0.5, 0.6) is 0 Å². The van der Waals surface area contributed by atoms with Crippen molar-refractivity contribution >= 4 is 15.9 Å². The van der Waals surface area contributed by atoms with Crippen molar-refractivity contribution in [3.63, 3.8) is 0 Å². The van der Waals surface area contributed by atoms with Gasteiger partial charge in [-0.25, -0.2) is 12.8 Å². The molecule has 30 heavy (non-hydrogen) atoms. The monoisotopic (exact) mass is 433 g/mol. The van der Waals surface area contributed by atoms with Crippen molar-refractivity contribution in [3.8, 4) is 0 Å². The Hall–Kier alpha value is -2.29. The average molecular weight is 434 g/mol. The summed E-state index contributed by atoms with van der Waals surface area (Å²) in [5.41, 5.74) is 1.84. The Morgan fingerprint density at radius 2 is 1.70 bits per heavy atom. The molecule has 1 saturated heterocycles. The van der Waals surface area contributed by atoms with Crippen LogP contribution in [-0.4, -0.2) is 56.3 Å². The first-order chi connectivity index (χ1) is 14.3. The summed E-state index contributed by atoms with van der Waals surface area (Å²) in [6.07, 6.45) is 0.659. The number of nitrogens with one attached hydrogen (secondary N) is 1. The normalized spacial score (nSPS) is 17.3. The highest BCUT2D eigenvalue weighted by Gasteiger charge is 2.27. The molecule has 162 valence electrons. The highest BCUT2D eigenvalue weighted by Crippen LogP contribution is 2.18. The highest BCUT2D eigenvalue weighted by atomic mass is 32.2. The zero-order valence-corrected chi connectivity index (χ0v) is 18.2. The van der Waals surface area contributed by atoms with Gasteiger partial charge in [-0.1, -0.05) is 29.8 Å². The van der Waals surface area contributed by atoms with Crippen molar-refractivity contribution < 1.29 is 17.6 Å². The van der Waals surface area contributed by atoms with Gasteiger partial charge in [-0.3, -0.25) is 9.69 Å². The number of rotatable bonds is 6. The molecule has 8 heteroatoms. The van der Waals surface area contributed by atoms with Gasteiger partial charge in [-0.2, -0.15) is 4.31 Å². The molecule has 0 radical (unpaired) electrons. The van der Waals surface area contributed by atoms with E-state index in [9.17, 15) is 17.6 Å². The zero-order chi connectivity index (χ0) is 21.7. The summed E-state index contributed by atoms with van der Waals surface area (Å²) < 4.78 is 40.4. The van der Waals surface area contributed by atoms with Crippen LogP contribution < -0.4 is 5.32 Å². The van der Waals surface area contributed by atoms with Crippen molar-refractivity contribution in [3.05, 3.63) is 65.5 Å². The van der Waals surface area contributed by atoms with Crippen LogP contribution in [0, 0.1) is 12.7 Å². The van der Waals surface area contributed by atoms with E-state index in [4.69, 9.17) is 0 Å². The van der Waals surface area contributed by atoms with E-state index in [0.29, 0.717) is 37.5 Å². The molecular weight excluding hydrogens is 405 g/mol. The van der Waals surface area contributed by atoms with Crippen LogP contribution in [0.4, 0.5) is 4.39 Å². The SMILES string of the molecule is Cc1ccc(S(=O)(=O)N2CCCN(CC(=O)NC(C)c3ccc(F)cc3)CC2)cc1. The van der Waals surface area contributed by atoms with Crippen LogP contribution >= 0.6 is 0 Å².